The summed E-state index contributed by atoms with van der Waals surface area (Å²) in [6.45, 7) is 0. The van der Waals surface area contributed by atoms with Gasteiger partial charge in [-0.2, -0.15) is 5.10 Å². The molecule has 1 amide bonds. The van der Waals surface area contributed by atoms with E-state index in [0.29, 0.717) is 11.7 Å². The van der Waals surface area contributed by atoms with Crippen molar-refractivity contribution in [2.24, 2.45) is 0 Å². The van der Waals surface area contributed by atoms with E-state index < -0.39 is 0 Å². The Hall–Kier alpha value is -3.15. The number of aromatic nitrogens is 3. The molecular weight excluding hydrogens is 328 g/mol. The Labute approximate surface area is 150 Å². The Morgan fingerprint density at radius 1 is 1.08 bits per heavy atom. The lowest BCUT2D eigenvalue weighted by Gasteiger charge is -2.08. The first-order valence-electron chi connectivity index (χ1n) is 8.87. The van der Waals surface area contributed by atoms with Gasteiger partial charge in [-0.05, 0) is 31.0 Å². The standard InChI is InChI=1S/C20H20N4O2/c25-19-12-6-11-16(21-19)20(26)22-18-13-17(14-7-4-5-8-14)23-24(18)15-9-2-1-3-10-15/h1-3,6,9-14H,4-5,7-8H2,(H,21,25)(H,22,26). The number of hydrogen-bond donors (Lipinski definition) is 2. The number of aromatic amines is 1. The van der Waals surface area contributed by atoms with E-state index >= 15 is 0 Å². The summed E-state index contributed by atoms with van der Waals surface area (Å²) in [5.41, 5.74) is 1.80. The molecule has 1 saturated carbocycles. The van der Waals surface area contributed by atoms with Crippen LogP contribution in [-0.2, 0) is 0 Å². The Morgan fingerprint density at radius 2 is 1.85 bits per heavy atom. The highest BCUT2D eigenvalue weighted by Crippen LogP contribution is 2.35. The summed E-state index contributed by atoms with van der Waals surface area (Å²) in [7, 11) is 0. The molecule has 132 valence electrons. The largest absolute Gasteiger partial charge is 0.318 e. The number of pyridine rings is 1. The van der Waals surface area contributed by atoms with Crippen LogP contribution < -0.4 is 10.9 Å². The molecule has 0 aliphatic heterocycles. The van der Waals surface area contributed by atoms with Gasteiger partial charge >= 0.3 is 0 Å². The van der Waals surface area contributed by atoms with Gasteiger partial charge < -0.3 is 10.3 Å². The molecule has 2 aromatic heterocycles. The van der Waals surface area contributed by atoms with Gasteiger partial charge in [0.2, 0.25) is 5.56 Å². The number of hydrogen-bond acceptors (Lipinski definition) is 3. The lowest BCUT2D eigenvalue weighted by atomic mass is 10.0. The fourth-order valence-electron chi connectivity index (χ4n) is 3.44. The van der Waals surface area contributed by atoms with Gasteiger partial charge in [0.25, 0.3) is 5.91 Å². The van der Waals surface area contributed by atoms with E-state index in [2.05, 4.69) is 10.3 Å². The Morgan fingerprint density at radius 3 is 2.58 bits per heavy atom. The van der Waals surface area contributed by atoms with Crippen molar-refractivity contribution < 1.29 is 4.79 Å². The van der Waals surface area contributed by atoms with Crippen LogP contribution >= 0.6 is 0 Å². The third-order valence-corrected chi connectivity index (χ3v) is 4.76. The van der Waals surface area contributed by atoms with Crippen LogP contribution in [0.5, 0.6) is 0 Å². The van der Waals surface area contributed by atoms with Crippen molar-refractivity contribution in [1.82, 2.24) is 14.8 Å². The minimum Gasteiger partial charge on any atom is -0.318 e. The van der Waals surface area contributed by atoms with Gasteiger partial charge in [0, 0.05) is 18.1 Å². The average Bonchev–Trinajstić information content (AvgIpc) is 3.32. The lowest BCUT2D eigenvalue weighted by Crippen LogP contribution is -2.19. The molecule has 6 heteroatoms. The van der Waals surface area contributed by atoms with Crippen LogP contribution in [0.15, 0.2) is 59.4 Å². The number of nitrogens with zero attached hydrogens (tertiary/aromatic N) is 2. The third kappa shape index (κ3) is 3.31. The molecule has 0 unspecified atom stereocenters. The zero-order chi connectivity index (χ0) is 17.9. The van der Waals surface area contributed by atoms with Crippen molar-refractivity contribution >= 4 is 11.7 Å². The van der Waals surface area contributed by atoms with Gasteiger partial charge in [0.1, 0.15) is 11.5 Å². The summed E-state index contributed by atoms with van der Waals surface area (Å²) >= 11 is 0. The summed E-state index contributed by atoms with van der Waals surface area (Å²) < 4.78 is 1.76. The monoisotopic (exact) mass is 348 g/mol. The van der Waals surface area contributed by atoms with E-state index in [0.717, 1.165) is 24.2 Å². The van der Waals surface area contributed by atoms with Gasteiger partial charge in [0.15, 0.2) is 0 Å². The fraction of sp³-hybridized carbons (Fsp3) is 0.250. The molecule has 1 fully saturated rings. The quantitative estimate of drug-likeness (QED) is 0.758. The number of benzene rings is 1. The molecule has 0 radical (unpaired) electrons. The second-order valence-corrected chi connectivity index (χ2v) is 6.57. The molecule has 0 saturated heterocycles. The van der Waals surface area contributed by atoms with Crippen LogP contribution in [-0.4, -0.2) is 20.7 Å². The lowest BCUT2D eigenvalue weighted by molar-refractivity contribution is 0.102. The molecule has 26 heavy (non-hydrogen) atoms. The Bertz CT molecular complexity index is 969. The first-order valence-corrected chi connectivity index (χ1v) is 8.87. The molecule has 6 nitrogen and oxygen atoms in total. The van der Waals surface area contributed by atoms with Gasteiger partial charge in [-0.1, -0.05) is 37.1 Å². The van der Waals surface area contributed by atoms with Crippen molar-refractivity contribution in [3.8, 4) is 5.69 Å². The summed E-state index contributed by atoms with van der Waals surface area (Å²) in [6, 6.07) is 16.2. The third-order valence-electron chi connectivity index (χ3n) is 4.76. The number of H-pyrrole nitrogens is 1. The van der Waals surface area contributed by atoms with E-state index in [9.17, 15) is 9.59 Å². The van der Waals surface area contributed by atoms with Gasteiger partial charge in [-0.15, -0.1) is 0 Å². The highest BCUT2D eigenvalue weighted by molar-refractivity contribution is 6.02. The molecule has 3 aromatic rings. The normalized spacial score (nSPS) is 14.5. The van der Waals surface area contributed by atoms with E-state index in [1.807, 2.05) is 36.4 Å². The molecule has 2 heterocycles. The fourth-order valence-corrected chi connectivity index (χ4v) is 3.44. The van der Waals surface area contributed by atoms with Crippen LogP contribution in [0, 0.1) is 0 Å². The SMILES string of the molecule is O=C(Nc1cc(C2CCCC2)nn1-c1ccccc1)c1cccc(=O)[nH]1. The molecule has 0 atom stereocenters. The summed E-state index contributed by atoms with van der Waals surface area (Å²) in [6.07, 6.45) is 4.70. The second kappa shape index (κ2) is 7.00. The van der Waals surface area contributed by atoms with Crippen molar-refractivity contribution in [2.45, 2.75) is 31.6 Å². The van der Waals surface area contributed by atoms with Gasteiger partial charge in [-0.25, -0.2) is 4.68 Å². The molecule has 1 aliphatic rings. The predicted molar refractivity (Wildman–Crippen MR) is 99.8 cm³/mol. The zero-order valence-corrected chi connectivity index (χ0v) is 14.3. The van der Waals surface area contributed by atoms with Crippen molar-refractivity contribution in [2.75, 3.05) is 5.32 Å². The van der Waals surface area contributed by atoms with Crippen LogP contribution in [0.25, 0.3) is 5.69 Å². The maximum Gasteiger partial charge on any atom is 0.273 e. The number of anilines is 1. The minimum absolute atomic E-state index is 0.223. The second-order valence-electron chi connectivity index (χ2n) is 6.57. The predicted octanol–water partition coefficient (Wildman–Crippen LogP) is 3.47. The number of carbonyl (C=O) groups excluding carboxylic acids is 1. The van der Waals surface area contributed by atoms with Crippen LogP contribution in [0.1, 0.15) is 47.8 Å². The maximum atomic E-state index is 12.6. The number of rotatable bonds is 4. The van der Waals surface area contributed by atoms with E-state index in [4.69, 9.17) is 5.10 Å². The molecule has 1 aromatic carbocycles. The number of carbonyl (C=O) groups is 1. The average molecular weight is 348 g/mol. The number of para-hydroxylation sites is 1. The smallest absolute Gasteiger partial charge is 0.273 e. The van der Waals surface area contributed by atoms with Crippen molar-refractivity contribution in [3.05, 3.63) is 76.3 Å². The molecule has 0 bridgehead atoms. The Kier molecular flexibility index (Phi) is 4.39. The van der Waals surface area contributed by atoms with E-state index in [-0.39, 0.29) is 17.2 Å². The summed E-state index contributed by atoms with van der Waals surface area (Å²) in [5, 5.41) is 7.64. The molecule has 2 N–H and O–H groups in total. The summed E-state index contributed by atoms with van der Waals surface area (Å²) in [5.74, 6) is 0.678. The van der Waals surface area contributed by atoms with Crippen LogP contribution in [0.4, 0.5) is 5.82 Å². The van der Waals surface area contributed by atoms with Crippen LogP contribution in [0.2, 0.25) is 0 Å². The summed E-state index contributed by atoms with van der Waals surface area (Å²) in [4.78, 5) is 26.6. The van der Waals surface area contributed by atoms with Gasteiger partial charge in [0.05, 0.1) is 11.4 Å². The number of amides is 1. The first kappa shape index (κ1) is 16.3. The maximum absolute atomic E-state index is 12.6. The topological polar surface area (TPSA) is 79.8 Å². The molecule has 0 spiro atoms. The highest BCUT2D eigenvalue weighted by atomic mass is 16.2. The van der Waals surface area contributed by atoms with Crippen molar-refractivity contribution in [1.29, 1.82) is 0 Å². The molecule has 1 aliphatic carbocycles. The molecule has 4 rings (SSSR count). The number of nitrogens with one attached hydrogen (secondary N) is 2. The van der Waals surface area contributed by atoms with E-state index in [1.54, 1.807) is 16.8 Å². The van der Waals surface area contributed by atoms with Crippen LogP contribution in [0.3, 0.4) is 0 Å². The van der Waals surface area contributed by atoms with Gasteiger partial charge in [-0.3, -0.25) is 9.59 Å². The first-order chi connectivity index (χ1) is 12.7. The van der Waals surface area contributed by atoms with E-state index in [1.165, 1.54) is 18.9 Å². The molecular formula is C20H20N4O2. The zero-order valence-electron chi connectivity index (χ0n) is 14.3. The highest BCUT2D eigenvalue weighted by Gasteiger charge is 2.22. The minimum atomic E-state index is -0.363. The van der Waals surface area contributed by atoms with Crippen molar-refractivity contribution in [3.63, 3.8) is 0 Å². The Balaban J connectivity index is 1.69.